The van der Waals surface area contributed by atoms with Crippen LogP contribution in [0.5, 0.6) is 0 Å². The van der Waals surface area contributed by atoms with E-state index in [1.54, 1.807) is 30.7 Å². The number of hydrogen-bond acceptors (Lipinski definition) is 5. The highest BCUT2D eigenvalue weighted by Crippen LogP contribution is 2.30. The van der Waals surface area contributed by atoms with Crippen LogP contribution in [0.4, 0.5) is 0 Å². The first kappa shape index (κ1) is 21.7. The van der Waals surface area contributed by atoms with Crippen LogP contribution < -0.4 is 0 Å². The molecule has 1 aromatic carbocycles. The Kier molecular flexibility index (Phi) is 6.30. The third-order valence-corrected chi connectivity index (χ3v) is 7.93. The number of sulfonamides is 1. The van der Waals surface area contributed by atoms with E-state index in [2.05, 4.69) is 0 Å². The molecule has 0 unspecified atom stereocenters. The molecule has 1 aromatic rings. The summed E-state index contributed by atoms with van der Waals surface area (Å²) in [7, 11) is -1.65. The summed E-state index contributed by atoms with van der Waals surface area (Å²) >= 11 is 0. The number of amides is 2. The third-order valence-electron chi connectivity index (χ3n) is 5.65. The Labute approximate surface area is 172 Å². The molecule has 2 fully saturated rings. The first-order chi connectivity index (χ1) is 13.6. The van der Waals surface area contributed by atoms with E-state index in [-0.39, 0.29) is 31.5 Å². The molecule has 2 atom stereocenters. The second-order valence-corrected chi connectivity index (χ2v) is 10.4. The van der Waals surface area contributed by atoms with Crippen molar-refractivity contribution in [3.63, 3.8) is 0 Å². The number of aryl methyl sites for hydroxylation is 1. The maximum atomic E-state index is 13.2. The van der Waals surface area contributed by atoms with Gasteiger partial charge in [-0.1, -0.05) is 29.8 Å². The SMILES string of the molecule is Cc1ccc([C@@H]2[C@@H](C(=O)N3CCN(S(=O)(=O)C(C)C)CC3)OCC(=O)N2C)cc1. The first-order valence-corrected chi connectivity index (χ1v) is 11.3. The summed E-state index contributed by atoms with van der Waals surface area (Å²) in [6.45, 7) is 6.29. The fourth-order valence-electron chi connectivity index (χ4n) is 3.72. The molecule has 2 heterocycles. The highest BCUT2D eigenvalue weighted by Gasteiger charge is 2.43. The van der Waals surface area contributed by atoms with Gasteiger partial charge in [0.15, 0.2) is 6.10 Å². The van der Waals surface area contributed by atoms with Crippen molar-refractivity contribution >= 4 is 21.8 Å². The van der Waals surface area contributed by atoms with Crippen LogP contribution in [0.1, 0.15) is 31.0 Å². The van der Waals surface area contributed by atoms with Crippen LogP contribution in [-0.2, 0) is 24.3 Å². The molecule has 2 saturated heterocycles. The highest BCUT2D eigenvalue weighted by atomic mass is 32.2. The average Bonchev–Trinajstić information content (AvgIpc) is 2.70. The van der Waals surface area contributed by atoms with Crippen LogP contribution in [-0.4, -0.2) is 85.5 Å². The molecule has 9 heteroatoms. The standard InChI is InChI=1S/C20H29N3O5S/c1-14(2)29(26,27)23-11-9-22(10-12-23)20(25)19-18(21(4)17(24)13-28-19)16-7-5-15(3)6-8-16/h5-8,14,18-19H,9-13H2,1-4H3/t18-,19+/m1/s1. The number of carbonyl (C=O) groups excluding carboxylic acids is 2. The van der Waals surface area contributed by atoms with Crippen molar-refractivity contribution in [1.29, 1.82) is 0 Å². The Balaban J connectivity index is 1.77. The minimum absolute atomic E-state index is 0.142. The maximum absolute atomic E-state index is 13.2. The van der Waals surface area contributed by atoms with Crippen molar-refractivity contribution in [3.05, 3.63) is 35.4 Å². The molecule has 0 radical (unpaired) electrons. The van der Waals surface area contributed by atoms with Gasteiger partial charge in [0.25, 0.3) is 5.91 Å². The lowest BCUT2D eigenvalue weighted by atomic mass is 9.96. The molecule has 160 valence electrons. The normalized spacial score (nSPS) is 24.2. The van der Waals surface area contributed by atoms with Crippen molar-refractivity contribution in [2.24, 2.45) is 0 Å². The zero-order valence-corrected chi connectivity index (χ0v) is 18.2. The Hall–Kier alpha value is -1.97. The number of likely N-dealkylation sites (N-methyl/N-ethyl adjacent to an activating group) is 1. The van der Waals surface area contributed by atoms with E-state index in [4.69, 9.17) is 4.74 Å². The lowest BCUT2D eigenvalue weighted by molar-refractivity contribution is -0.168. The molecule has 3 rings (SSSR count). The van der Waals surface area contributed by atoms with Crippen LogP contribution in [0.25, 0.3) is 0 Å². The van der Waals surface area contributed by atoms with E-state index in [9.17, 15) is 18.0 Å². The summed E-state index contributed by atoms with van der Waals surface area (Å²) in [5.74, 6) is -0.385. The van der Waals surface area contributed by atoms with Crippen molar-refractivity contribution in [3.8, 4) is 0 Å². The molecule has 0 bridgehead atoms. The maximum Gasteiger partial charge on any atom is 0.254 e. The van der Waals surface area contributed by atoms with Gasteiger partial charge in [-0.15, -0.1) is 0 Å². The lowest BCUT2D eigenvalue weighted by Crippen LogP contribution is -2.58. The van der Waals surface area contributed by atoms with Gasteiger partial charge < -0.3 is 14.5 Å². The van der Waals surface area contributed by atoms with Crippen molar-refractivity contribution in [1.82, 2.24) is 14.1 Å². The number of nitrogens with zero attached hydrogens (tertiary/aromatic N) is 3. The zero-order valence-electron chi connectivity index (χ0n) is 17.4. The number of ether oxygens (including phenoxy) is 1. The van der Waals surface area contributed by atoms with E-state index in [0.29, 0.717) is 13.1 Å². The van der Waals surface area contributed by atoms with E-state index in [1.165, 1.54) is 4.31 Å². The van der Waals surface area contributed by atoms with Gasteiger partial charge in [0.2, 0.25) is 15.9 Å². The predicted octanol–water partition coefficient (Wildman–Crippen LogP) is 0.776. The quantitative estimate of drug-likeness (QED) is 0.714. The third kappa shape index (κ3) is 4.31. The van der Waals surface area contributed by atoms with Gasteiger partial charge >= 0.3 is 0 Å². The number of piperazine rings is 1. The van der Waals surface area contributed by atoms with E-state index in [0.717, 1.165) is 11.1 Å². The van der Waals surface area contributed by atoms with Gasteiger partial charge in [0, 0.05) is 33.2 Å². The van der Waals surface area contributed by atoms with Crippen molar-refractivity contribution < 1.29 is 22.7 Å². The van der Waals surface area contributed by atoms with Crippen LogP contribution in [0.2, 0.25) is 0 Å². The Morgan fingerprint density at radius 3 is 2.24 bits per heavy atom. The molecule has 2 aliphatic rings. The number of hydrogen-bond donors (Lipinski definition) is 0. The number of rotatable bonds is 4. The van der Waals surface area contributed by atoms with Gasteiger partial charge in [-0.2, -0.15) is 4.31 Å². The van der Waals surface area contributed by atoms with Gasteiger partial charge in [-0.25, -0.2) is 8.42 Å². The predicted molar refractivity (Wildman–Crippen MR) is 109 cm³/mol. The van der Waals surface area contributed by atoms with Gasteiger partial charge in [0.05, 0.1) is 11.3 Å². The summed E-state index contributed by atoms with van der Waals surface area (Å²) in [5, 5.41) is -0.489. The molecule has 8 nitrogen and oxygen atoms in total. The molecule has 0 saturated carbocycles. The highest BCUT2D eigenvalue weighted by molar-refractivity contribution is 7.89. The second kappa shape index (κ2) is 8.41. The Morgan fingerprint density at radius 1 is 1.10 bits per heavy atom. The Morgan fingerprint density at radius 2 is 1.69 bits per heavy atom. The number of morpholine rings is 1. The monoisotopic (exact) mass is 423 g/mol. The minimum atomic E-state index is -3.34. The lowest BCUT2D eigenvalue weighted by Gasteiger charge is -2.42. The second-order valence-electron chi connectivity index (χ2n) is 7.91. The minimum Gasteiger partial charge on any atom is -0.356 e. The topological polar surface area (TPSA) is 87.2 Å². The fraction of sp³-hybridized carbons (Fsp3) is 0.600. The smallest absolute Gasteiger partial charge is 0.254 e. The van der Waals surface area contributed by atoms with E-state index < -0.39 is 27.4 Å². The number of benzene rings is 1. The van der Waals surface area contributed by atoms with Gasteiger partial charge in [-0.05, 0) is 26.3 Å². The van der Waals surface area contributed by atoms with Crippen molar-refractivity contribution in [2.75, 3.05) is 39.8 Å². The molecule has 0 N–H and O–H groups in total. The molecule has 0 aliphatic carbocycles. The van der Waals surface area contributed by atoms with Gasteiger partial charge in [0.1, 0.15) is 6.61 Å². The Bertz CT molecular complexity index is 861. The van der Waals surface area contributed by atoms with Crippen LogP contribution in [0.15, 0.2) is 24.3 Å². The summed E-state index contributed by atoms with van der Waals surface area (Å²) in [6.07, 6.45) is -0.811. The van der Waals surface area contributed by atoms with Crippen molar-refractivity contribution in [2.45, 2.75) is 38.2 Å². The first-order valence-electron chi connectivity index (χ1n) is 9.84. The molecular weight excluding hydrogens is 394 g/mol. The van der Waals surface area contributed by atoms with Crippen LogP contribution in [0, 0.1) is 6.92 Å². The molecule has 29 heavy (non-hydrogen) atoms. The number of carbonyl (C=O) groups is 2. The van der Waals surface area contributed by atoms with E-state index in [1.807, 2.05) is 31.2 Å². The van der Waals surface area contributed by atoms with Crippen LogP contribution in [0.3, 0.4) is 0 Å². The molecular formula is C20H29N3O5S. The molecule has 0 spiro atoms. The largest absolute Gasteiger partial charge is 0.356 e. The average molecular weight is 424 g/mol. The van der Waals surface area contributed by atoms with Crippen LogP contribution >= 0.6 is 0 Å². The molecule has 2 amide bonds. The molecule has 2 aliphatic heterocycles. The van der Waals surface area contributed by atoms with Gasteiger partial charge in [-0.3, -0.25) is 9.59 Å². The summed E-state index contributed by atoms with van der Waals surface area (Å²) < 4.78 is 31.9. The van der Waals surface area contributed by atoms with E-state index >= 15 is 0 Å². The fourth-order valence-corrected chi connectivity index (χ4v) is 4.99. The zero-order chi connectivity index (χ0) is 21.3. The molecule has 0 aromatic heterocycles. The summed E-state index contributed by atoms with van der Waals surface area (Å²) in [5.41, 5.74) is 1.93. The summed E-state index contributed by atoms with van der Waals surface area (Å²) in [4.78, 5) is 28.7. The summed E-state index contributed by atoms with van der Waals surface area (Å²) in [6, 6.07) is 7.19.